The number of aromatic carboxylic acids is 1. The van der Waals surface area contributed by atoms with Gasteiger partial charge in [0.05, 0.1) is 29.6 Å². The molecule has 0 saturated carbocycles. The van der Waals surface area contributed by atoms with Crippen LogP contribution in [0, 0.1) is 6.92 Å². The lowest BCUT2D eigenvalue weighted by Gasteiger charge is -2.02. The number of aromatic nitrogens is 3. The van der Waals surface area contributed by atoms with Crippen LogP contribution in [0.3, 0.4) is 0 Å². The van der Waals surface area contributed by atoms with Gasteiger partial charge in [0.2, 0.25) is 0 Å². The summed E-state index contributed by atoms with van der Waals surface area (Å²) in [5.74, 6) is -0.556. The molecule has 88 valence electrons. The molecule has 0 atom stereocenters. The van der Waals surface area contributed by atoms with Crippen LogP contribution in [0.25, 0.3) is 0 Å². The van der Waals surface area contributed by atoms with Gasteiger partial charge in [-0.1, -0.05) is 0 Å². The van der Waals surface area contributed by atoms with Crippen LogP contribution in [0.2, 0.25) is 0 Å². The predicted octanol–water partition coefficient (Wildman–Crippen LogP) is 1.55. The zero-order chi connectivity index (χ0) is 12.3. The monoisotopic (exact) mass is 250 g/mol. The van der Waals surface area contributed by atoms with Crippen molar-refractivity contribution in [2.24, 2.45) is 0 Å². The van der Waals surface area contributed by atoms with Gasteiger partial charge in [-0.05, 0) is 6.92 Å². The highest BCUT2D eigenvalue weighted by atomic mass is 32.1. The van der Waals surface area contributed by atoms with Crippen molar-refractivity contribution in [3.63, 3.8) is 0 Å². The van der Waals surface area contributed by atoms with Crippen molar-refractivity contribution < 1.29 is 9.90 Å². The van der Waals surface area contributed by atoms with Crippen LogP contribution in [-0.2, 0) is 6.54 Å². The Morgan fingerprint density at radius 2 is 2.29 bits per heavy atom. The minimum atomic E-state index is -1.08. The van der Waals surface area contributed by atoms with E-state index in [4.69, 9.17) is 5.11 Å². The maximum absolute atomic E-state index is 10.6. The van der Waals surface area contributed by atoms with Gasteiger partial charge in [0.1, 0.15) is 5.82 Å². The molecular weight excluding hydrogens is 240 g/mol. The van der Waals surface area contributed by atoms with E-state index in [2.05, 4.69) is 20.3 Å². The van der Waals surface area contributed by atoms with E-state index < -0.39 is 5.97 Å². The maximum atomic E-state index is 10.6. The first-order valence-electron chi connectivity index (χ1n) is 4.85. The summed E-state index contributed by atoms with van der Waals surface area (Å²) in [5, 5.41) is 14.6. The molecule has 0 aliphatic rings. The molecule has 0 bridgehead atoms. The number of hydrogen-bond acceptors (Lipinski definition) is 6. The highest BCUT2D eigenvalue weighted by Crippen LogP contribution is 2.09. The molecule has 0 spiro atoms. The topological polar surface area (TPSA) is 88.0 Å². The average Bonchev–Trinajstić information content (AvgIpc) is 2.73. The van der Waals surface area contributed by atoms with Crippen LogP contribution in [0.15, 0.2) is 17.8 Å². The maximum Gasteiger partial charge on any atom is 0.356 e. The van der Waals surface area contributed by atoms with Crippen LogP contribution in [0.1, 0.15) is 21.2 Å². The van der Waals surface area contributed by atoms with Gasteiger partial charge in [-0.25, -0.2) is 19.7 Å². The molecule has 2 aromatic rings. The summed E-state index contributed by atoms with van der Waals surface area (Å²) in [6.45, 7) is 2.49. The first-order chi connectivity index (χ1) is 8.15. The lowest BCUT2D eigenvalue weighted by atomic mass is 10.4. The Hall–Kier alpha value is -2.02. The van der Waals surface area contributed by atoms with E-state index in [9.17, 15) is 4.79 Å². The van der Waals surface area contributed by atoms with Crippen LogP contribution in [0.4, 0.5) is 5.82 Å². The fraction of sp³-hybridized carbons (Fsp3) is 0.200. The summed E-state index contributed by atoms with van der Waals surface area (Å²) in [4.78, 5) is 22.5. The van der Waals surface area contributed by atoms with Gasteiger partial charge in [0.25, 0.3) is 0 Å². The van der Waals surface area contributed by atoms with Crippen LogP contribution in [0.5, 0.6) is 0 Å². The number of nitrogens with zero attached hydrogens (tertiary/aromatic N) is 3. The number of anilines is 1. The molecule has 2 aromatic heterocycles. The van der Waals surface area contributed by atoms with E-state index in [-0.39, 0.29) is 5.69 Å². The van der Waals surface area contributed by atoms with E-state index in [1.165, 1.54) is 12.4 Å². The average molecular weight is 250 g/mol. The van der Waals surface area contributed by atoms with Gasteiger partial charge in [0, 0.05) is 5.38 Å². The molecule has 0 radical (unpaired) electrons. The van der Waals surface area contributed by atoms with E-state index in [0.29, 0.717) is 12.4 Å². The van der Waals surface area contributed by atoms with E-state index in [0.717, 1.165) is 10.7 Å². The quantitative estimate of drug-likeness (QED) is 0.856. The molecule has 2 N–H and O–H groups in total. The zero-order valence-electron chi connectivity index (χ0n) is 9.04. The Bertz CT molecular complexity index is 523. The van der Waals surface area contributed by atoms with Crippen molar-refractivity contribution in [3.8, 4) is 0 Å². The van der Waals surface area contributed by atoms with Gasteiger partial charge in [0.15, 0.2) is 5.69 Å². The minimum absolute atomic E-state index is 0.0694. The number of thiazole rings is 1. The zero-order valence-corrected chi connectivity index (χ0v) is 9.86. The number of aryl methyl sites for hydroxylation is 1. The smallest absolute Gasteiger partial charge is 0.356 e. The number of carboxylic acid groups (broad SMARTS) is 1. The Balaban J connectivity index is 1.97. The highest BCUT2D eigenvalue weighted by molar-refractivity contribution is 7.09. The normalized spacial score (nSPS) is 10.2. The minimum Gasteiger partial charge on any atom is -0.476 e. The number of carboxylic acids is 1. The molecule has 0 aliphatic carbocycles. The summed E-state index contributed by atoms with van der Waals surface area (Å²) in [6.07, 6.45) is 2.61. The van der Waals surface area contributed by atoms with Crippen LogP contribution in [-0.4, -0.2) is 26.0 Å². The molecule has 2 rings (SSSR count). The second-order valence-corrected chi connectivity index (χ2v) is 4.37. The largest absolute Gasteiger partial charge is 0.476 e. The lowest BCUT2D eigenvalue weighted by Crippen LogP contribution is -2.05. The van der Waals surface area contributed by atoms with Crippen LogP contribution >= 0.6 is 11.3 Å². The molecule has 7 heteroatoms. The molecule has 0 unspecified atom stereocenters. The number of nitrogens with one attached hydrogen (secondary N) is 1. The molecule has 0 amide bonds. The molecular formula is C10H10N4O2S. The van der Waals surface area contributed by atoms with Crippen molar-refractivity contribution >= 4 is 23.1 Å². The standard InChI is InChI=1S/C10H10N4O2S/c1-6-14-7(5-17-6)2-12-9-4-11-8(3-13-9)10(15)16/h3-5H,2H2,1H3,(H,12,13)(H,15,16). The van der Waals surface area contributed by atoms with Crippen molar-refractivity contribution in [3.05, 3.63) is 34.2 Å². The molecule has 0 saturated heterocycles. The van der Waals surface area contributed by atoms with Crippen molar-refractivity contribution in [1.82, 2.24) is 15.0 Å². The summed E-state index contributed by atoms with van der Waals surface area (Å²) in [7, 11) is 0. The number of carbonyl (C=O) groups is 1. The van der Waals surface area contributed by atoms with E-state index >= 15 is 0 Å². The number of rotatable bonds is 4. The van der Waals surface area contributed by atoms with Gasteiger partial charge >= 0.3 is 5.97 Å². The van der Waals surface area contributed by atoms with Crippen LogP contribution < -0.4 is 5.32 Å². The summed E-state index contributed by atoms with van der Waals surface area (Å²) in [5.41, 5.74) is 0.858. The van der Waals surface area contributed by atoms with Crippen molar-refractivity contribution in [2.45, 2.75) is 13.5 Å². The Labute approximate surface area is 101 Å². The first-order valence-corrected chi connectivity index (χ1v) is 5.73. The Kier molecular flexibility index (Phi) is 3.29. The fourth-order valence-electron chi connectivity index (χ4n) is 1.20. The second-order valence-electron chi connectivity index (χ2n) is 3.30. The van der Waals surface area contributed by atoms with Gasteiger partial charge in [-0.3, -0.25) is 0 Å². The third-order valence-electron chi connectivity index (χ3n) is 1.99. The predicted molar refractivity (Wildman–Crippen MR) is 63.2 cm³/mol. The summed E-state index contributed by atoms with van der Waals surface area (Å²) < 4.78 is 0. The van der Waals surface area contributed by atoms with Crippen molar-refractivity contribution in [1.29, 1.82) is 0 Å². The summed E-state index contributed by atoms with van der Waals surface area (Å²) in [6, 6.07) is 0. The highest BCUT2D eigenvalue weighted by Gasteiger charge is 2.05. The van der Waals surface area contributed by atoms with Gasteiger partial charge < -0.3 is 10.4 Å². The molecule has 0 fully saturated rings. The number of hydrogen-bond donors (Lipinski definition) is 2. The second kappa shape index (κ2) is 4.88. The third-order valence-corrected chi connectivity index (χ3v) is 2.81. The summed E-state index contributed by atoms with van der Waals surface area (Å²) >= 11 is 1.58. The first kappa shape index (κ1) is 11.5. The third kappa shape index (κ3) is 2.97. The Morgan fingerprint density at radius 1 is 1.47 bits per heavy atom. The fourth-order valence-corrected chi connectivity index (χ4v) is 1.81. The van der Waals surface area contributed by atoms with E-state index in [1.807, 2.05) is 12.3 Å². The molecule has 6 nitrogen and oxygen atoms in total. The Morgan fingerprint density at radius 3 is 2.82 bits per heavy atom. The van der Waals surface area contributed by atoms with Crippen molar-refractivity contribution in [2.75, 3.05) is 5.32 Å². The van der Waals surface area contributed by atoms with Gasteiger partial charge in [-0.15, -0.1) is 11.3 Å². The molecule has 0 aliphatic heterocycles. The molecule has 17 heavy (non-hydrogen) atoms. The molecule has 2 heterocycles. The molecule has 0 aromatic carbocycles. The lowest BCUT2D eigenvalue weighted by molar-refractivity contribution is 0.0690. The van der Waals surface area contributed by atoms with Gasteiger partial charge in [-0.2, -0.15) is 0 Å². The SMILES string of the molecule is Cc1nc(CNc2cnc(C(=O)O)cn2)cs1. The van der Waals surface area contributed by atoms with E-state index in [1.54, 1.807) is 11.3 Å².